The van der Waals surface area contributed by atoms with Gasteiger partial charge in [-0.15, -0.1) is 0 Å². The largest absolute Gasteiger partial charge is 0.439 e. The van der Waals surface area contributed by atoms with Gasteiger partial charge in [-0.05, 0) is 31.0 Å². The third kappa shape index (κ3) is 2.65. The third-order valence-electron chi connectivity index (χ3n) is 2.46. The highest BCUT2D eigenvalue weighted by molar-refractivity contribution is 6.29. The van der Waals surface area contributed by atoms with E-state index in [1.807, 2.05) is 32.0 Å². The minimum atomic E-state index is 0.0952. The van der Waals surface area contributed by atoms with E-state index in [-0.39, 0.29) is 11.1 Å². The maximum absolute atomic E-state index is 5.78. The molecule has 0 aliphatic rings. The second kappa shape index (κ2) is 4.59. The second-order valence-corrected chi connectivity index (χ2v) is 4.07. The van der Waals surface area contributed by atoms with Gasteiger partial charge in [-0.3, -0.25) is 0 Å². The summed E-state index contributed by atoms with van der Waals surface area (Å²) in [5, 5.41) is 0.262. The average molecular weight is 250 g/mol. The van der Waals surface area contributed by atoms with Crippen molar-refractivity contribution in [3.05, 3.63) is 40.5 Å². The minimum Gasteiger partial charge on any atom is -0.439 e. The van der Waals surface area contributed by atoms with E-state index in [9.17, 15) is 0 Å². The van der Waals surface area contributed by atoms with Gasteiger partial charge in [0.2, 0.25) is 11.8 Å². The molecule has 2 rings (SSSR count). The summed E-state index contributed by atoms with van der Waals surface area (Å²) in [5.41, 5.74) is 7.70. The smallest absolute Gasteiger partial charge is 0.225 e. The predicted octanol–water partition coefficient (Wildman–Crippen LogP) is 3.12. The molecule has 1 aromatic heterocycles. The summed E-state index contributed by atoms with van der Waals surface area (Å²) in [6, 6.07) is 7.33. The zero-order chi connectivity index (χ0) is 12.4. The lowest BCUT2D eigenvalue weighted by molar-refractivity contribution is 0.459. The molecular formula is C12H12ClN3O. The highest BCUT2D eigenvalue weighted by Crippen LogP contribution is 2.26. The van der Waals surface area contributed by atoms with Crippen LogP contribution in [-0.4, -0.2) is 9.97 Å². The SMILES string of the molecule is Cc1cccc(Oc2cc(Cl)nc(N)n2)c1C. The number of ether oxygens (including phenoxy) is 1. The fraction of sp³-hybridized carbons (Fsp3) is 0.167. The summed E-state index contributed by atoms with van der Waals surface area (Å²) in [4.78, 5) is 7.73. The van der Waals surface area contributed by atoms with E-state index in [1.54, 1.807) is 0 Å². The van der Waals surface area contributed by atoms with Gasteiger partial charge in [-0.2, -0.15) is 4.98 Å². The normalized spacial score (nSPS) is 10.3. The number of aromatic nitrogens is 2. The highest BCUT2D eigenvalue weighted by Gasteiger charge is 2.06. The van der Waals surface area contributed by atoms with Gasteiger partial charge in [0.05, 0.1) is 0 Å². The van der Waals surface area contributed by atoms with Crippen molar-refractivity contribution in [2.24, 2.45) is 0 Å². The molecule has 0 atom stereocenters. The van der Waals surface area contributed by atoms with Crippen molar-refractivity contribution in [1.29, 1.82) is 0 Å². The summed E-state index contributed by atoms with van der Waals surface area (Å²) in [5.74, 6) is 1.17. The molecule has 0 saturated heterocycles. The Kier molecular flexibility index (Phi) is 3.15. The summed E-state index contributed by atoms with van der Waals surface area (Å²) in [7, 11) is 0. The molecule has 0 aliphatic carbocycles. The number of rotatable bonds is 2. The van der Waals surface area contributed by atoms with Gasteiger partial charge in [0, 0.05) is 6.07 Å². The lowest BCUT2D eigenvalue weighted by Crippen LogP contribution is -1.98. The van der Waals surface area contributed by atoms with E-state index in [4.69, 9.17) is 22.1 Å². The van der Waals surface area contributed by atoms with Gasteiger partial charge in [-0.1, -0.05) is 23.7 Å². The zero-order valence-electron chi connectivity index (χ0n) is 9.57. The molecule has 88 valence electrons. The van der Waals surface area contributed by atoms with Crippen LogP contribution in [0.25, 0.3) is 0 Å². The summed E-state index contributed by atoms with van der Waals surface area (Å²) in [6.07, 6.45) is 0. The first-order chi connectivity index (χ1) is 8.06. The quantitative estimate of drug-likeness (QED) is 0.831. The molecule has 0 spiro atoms. The molecule has 0 saturated carbocycles. The Morgan fingerprint density at radius 2 is 2.00 bits per heavy atom. The summed E-state index contributed by atoms with van der Waals surface area (Å²) >= 11 is 5.78. The lowest BCUT2D eigenvalue weighted by Gasteiger charge is -2.09. The standard InChI is InChI=1S/C12H12ClN3O/c1-7-4-3-5-9(8(7)2)17-11-6-10(13)15-12(14)16-11/h3-6H,1-2H3,(H2,14,15,16). The van der Waals surface area contributed by atoms with Crippen molar-refractivity contribution < 1.29 is 4.74 Å². The van der Waals surface area contributed by atoms with E-state index in [0.717, 1.165) is 16.9 Å². The first-order valence-corrected chi connectivity index (χ1v) is 5.48. The Labute approximate surface area is 104 Å². The Balaban J connectivity index is 2.34. The number of nitrogens with two attached hydrogens (primary N) is 1. The topological polar surface area (TPSA) is 61.0 Å². The van der Waals surface area contributed by atoms with Crippen LogP contribution >= 0.6 is 11.6 Å². The molecule has 0 amide bonds. The van der Waals surface area contributed by atoms with Crippen LogP contribution in [0.2, 0.25) is 5.15 Å². The number of nitrogens with zero attached hydrogens (tertiary/aromatic N) is 2. The maximum atomic E-state index is 5.78. The first-order valence-electron chi connectivity index (χ1n) is 5.10. The van der Waals surface area contributed by atoms with Gasteiger partial charge < -0.3 is 10.5 Å². The van der Waals surface area contributed by atoms with E-state index in [1.165, 1.54) is 6.07 Å². The lowest BCUT2D eigenvalue weighted by atomic mass is 10.1. The van der Waals surface area contributed by atoms with Crippen molar-refractivity contribution >= 4 is 17.5 Å². The van der Waals surface area contributed by atoms with Crippen molar-refractivity contribution in [1.82, 2.24) is 9.97 Å². The van der Waals surface area contributed by atoms with Gasteiger partial charge in [0.15, 0.2) is 0 Å². The first kappa shape index (κ1) is 11.7. The molecule has 0 bridgehead atoms. The van der Waals surface area contributed by atoms with E-state index in [2.05, 4.69) is 9.97 Å². The molecule has 0 fully saturated rings. The monoisotopic (exact) mass is 249 g/mol. The molecule has 0 unspecified atom stereocenters. The number of benzene rings is 1. The fourth-order valence-electron chi connectivity index (χ4n) is 1.41. The number of hydrogen-bond donors (Lipinski definition) is 1. The zero-order valence-corrected chi connectivity index (χ0v) is 10.3. The van der Waals surface area contributed by atoms with Gasteiger partial charge in [0.25, 0.3) is 0 Å². The Morgan fingerprint density at radius 1 is 1.24 bits per heavy atom. The summed E-state index contributed by atoms with van der Waals surface area (Å²) < 4.78 is 5.64. The van der Waals surface area contributed by atoms with Crippen molar-refractivity contribution in [2.45, 2.75) is 13.8 Å². The average Bonchev–Trinajstić information content (AvgIpc) is 2.23. The number of aryl methyl sites for hydroxylation is 1. The Hall–Kier alpha value is -1.81. The third-order valence-corrected chi connectivity index (χ3v) is 2.65. The van der Waals surface area contributed by atoms with E-state index < -0.39 is 0 Å². The van der Waals surface area contributed by atoms with Gasteiger partial charge >= 0.3 is 0 Å². The van der Waals surface area contributed by atoms with Crippen LogP contribution in [0, 0.1) is 13.8 Å². The van der Waals surface area contributed by atoms with Crippen molar-refractivity contribution in [3.63, 3.8) is 0 Å². The molecule has 0 aliphatic heterocycles. The molecule has 0 radical (unpaired) electrons. The number of halogens is 1. The highest BCUT2D eigenvalue weighted by atomic mass is 35.5. The molecular weight excluding hydrogens is 238 g/mol. The minimum absolute atomic E-state index is 0.0952. The predicted molar refractivity (Wildman–Crippen MR) is 67.4 cm³/mol. The summed E-state index contributed by atoms with van der Waals surface area (Å²) in [6.45, 7) is 4.00. The van der Waals surface area contributed by atoms with Crippen LogP contribution in [0.3, 0.4) is 0 Å². The van der Waals surface area contributed by atoms with Crippen LogP contribution < -0.4 is 10.5 Å². The Bertz CT molecular complexity index is 537. The van der Waals surface area contributed by atoms with Crippen LogP contribution in [0.4, 0.5) is 5.95 Å². The number of anilines is 1. The van der Waals surface area contributed by atoms with Crippen molar-refractivity contribution in [3.8, 4) is 11.6 Å². The van der Waals surface area contributed by atoms with Crippen molar-refractivity contribution in [2.75, 3.05) is 5.73 Å². The van der Waals surface area contributed by atoms with Crippen LogP contribution in [0.5, 0.6) is 11.6 Å². The molecule has 1 heterocycles. The van der Waals surface area contributed by atoms with Crippen LogP contribution in [-0.2, 0) is 0 Å². The van der Waals surface area contributed by atoms with Crippen LogP contribution in [0.1, 0.15) is 11.1 Å². The van der Waals surface area contributed by atoms with Gasteiger partial charge in [-0.25, -0.2) is 4.98 Å². The molecule has 1 aromatic carbocycles. The van der Waals surface area contributed by atoms with Crippen LogP contribution in [0.15, 0.2) is 24.3 Å². The number of hydrogen-bond acceptors (Lipinski definition) is 4. The molecule has 2 aromatic rings. The van der Waals surface area contributed by atoms with E-state index >= 15 is 0 Å². The number of nitrogen functional groups attached to an aromatic ring is 1. The molecule has 17 heavy (non-hydrogen) atoms. The fourth-order valence-corrected chi connectivity index (χ4v) is 1.59. The van der Waals surface area contributed by atoms with Gasteiger partial charge in [0.1, 0.15) is 10.9 Å². The second-order valence-electron chi connectivity index (χ2n) is 3.69. The molecule has 5 heteroatoms. The van der Waals surface area contributed by atoms with E-state index in [0.29, 0.717) is 5.88 Å². The molecule has 2 N–H and O–H groups in total. The maximum Gasteiger partial charge on any atom is 0.225 e. The molecule has 4 nitrogen and oxygen atoms in total. The Morgan fingerprint density at radius 3 is 2.71 bits per heavy atom.